The second-order valence-corrected chi connectivity index (χ2v) is 7.23. The highest BCUT2D eigenvalue weighted by atomic mass is 35.5. The number of ketones is 1. The zero-order chi connectivity index (χ0) is 20.3. The highest BCUT2D eigenvalue weighted by Crippen LogP contribution is 2.23. The Morgan fingerprint density at radius 1 is 1.18 bits per heavy atom. The fourth-order valence-corrected chi connectivity index (χ4v) is 3.39. The predicted octanol–water partition coefficient (Wildman–Crippen LogP) is 3.02. The summed E-state index contributed by atoms with van der Waals surface area (Å²) in [6, 6.07) is 11.7. The van der Waals surface area contributed by atoms with Crippen LogP contribution in [0.5, 0.6) is 0 Å². The van der Waals surface area contributed by atoms with Crippen LogP contribution in [0.4, 0.5) is 0 Å². The number of Topliss-reactive ketones (excluding diaryl/α,β-unsaturated/α-hetero) is 1. The molecule has 3 aromatic rings. The van der Waals surface area contributed by atoms with Gasteiger partial charge in [-0.05, 0) is 31.0 Å². The number of halogens is 2. The number of fused-ring (bicyclic) bond motifs is 1. The van der Waals surface area contributed by atoms with Crippen LogP contribution in [0.1, 0.15) is 12.5 Å². The summed E-state index contributed by atoms with van der Waals surface area (Å²) in [5.74, 6) is -0.632. The average molecular weight is 418 g/mol. The first-order valence-electron chi connectivity index (χ1n) is 8.53. The molecule has 1 N–H and O–H groups in total. The van der Waals surface area contributed by atoms with Gasteiger partial charge in [0.2, 0.25) is 5.91 Å². The first-order chi connectivity index (χ1) is 13.3. The summed E-state index contributed by atoms with van der Waals surface area (Å²) in [7, 11) is 0. The lowest BCUT2D eigenvalue weighted by Gasteiger charge is -2.16. The maximum absolute atomic E-state index is 12.6. The molecule has 0 bridgehead atoms. The van der Waals surface area contributed by atoms with E-state index < -0.39 is 17.5 Å². The molecule has 0 radical (unpaired) electrons. The standard InChI is InChI=1S/C20H17Cl2N3O3/c1-12(26)17(7-13-5-3-2-4-6-13)24-18(27)10-25-11-23-19-15(20(25)28)8-14(21)9-16(19)22/h2-6,8-9,11,17H,7,10H2,1H3,(H,24,27). The van der Waals surface area contributed by atoms with Crippen molar-refractivity contribution in [2.75, 3.05) is 0 Å². The first kappa shape index (κ1) is 20.0. The van der Waals surface area contributed by atoms with E-state index in [0.717, 1.165) is 10.1 Å². The predicted molar refractivity (Wildman–Crippen MR) is 109 cm³/mol. The molecule has 6 nitrogen and oxygen atoms in total. The molecule has 3 rings (SSSR count). The first-order valence-corrected chi connectivity index (χ1v) is 9.28. The van der Waals surface area contributed by atoms with Crippen LogP contribution < -0.4 is 10.9 Å². The fraction of sp³-hybridized carbons (Fsp3) is 0.200. The van der Waals surface area contributed by atoms with E-state index in [1.165, 1.54) is 25.4 Å². The molecule has 0 saturated carbocycles. The van der Waals surface area contributed by atoms with Crippen molar-refractivity contribution in [1.82, 2.24) is 14.9 Å². The molecule has 0 spiro atoms. The van der Waals surface area contributed by atoms with Crippen molar-refractivity contribution in [2.24, 2.45) is 0 Å². The van der Waals surface area contributed by atoms with Crippen LogP contribution in [-0.2, 0) is 22.6 Å². The Balaban J connectivity index is 1.79. The highest BCUT2D eigenvalue weighted by molar-refractivity contribution is 6.38. The molecule has 1 atom stereocenters. The summed E-state index contributed by atoms with van der Waals surface area (Å²) in [6.07, 6.45) is 1.63. The van der Waals surface area contributed by atoms with Gasteiger partial charge in [-0.2, -0.15) is 0 Å². The van der Waals surface area contributed by atoms with Gasteiger partial charge in [0.25, 0.3) is 5.56 Å². The number of rotatable bonds is 6. The smallest absolute Gasteiger partial charge is 0.261 e. The second kappa shape index (κ2) is 8.54. The van der Waals surface area contributed by atoms with Crippen molar-refractivity contribution in [1.29, 1.82) is 0 Å². The van der Waals surface area contributed by atoms with E-state index in [2.05, 4.69) is 10.3 Å². The van der Waals surface area contributed by atoms with Crippen LogP contribution in [0.3, 0.4) is 0 Å². The number of aromatic nitrogens is 2. The fourth-order valence-electron chi connectivity index (χ4n) is 2.85. The van der Waals surface area contributed by atoms with E-state index in [1.807, 2.05) is 30.3 Å². The molecule has 144 valence electrons. The summed E-state index contributed by atoms with van der Waals surface area (Å²) in [4.78, 5) is 41.1. The van der Waals surface area contributed by atoms with Gasteiger partial charge in [-0.15, -0.1) is 0 Å². The number of hydrogen-bond acceptors (Lipinski definition) is 4. The molecule has 0 aliphatic rings. The monoisotopic (exact) mass is 417 g/mol. The second-order valence-electron chi connectivity index (χ2n) is 6.38. The number of carbonyl (C=O) groups excluding carboxylic acids is 2. The molecule has 0 fully saturated rings. The molecule has 1 amide bonds. The minimum Gasteiger partial charge on any atom is -0.344 e. The van der Waals surface area contributed by atoms with Gasteiger partial charge in [-0.1, -0.05) is 53.5 Å². The van der Waals surface area contributed by atoms with Crippen molar-refractivity contribution in [3.63, 3.8) is 0 Å². The molecule has 0 aliphatic heterocycles. The lowest BCUT2D eigenvalue weighted by molar-refractivity contribution is -0.127. The number of nitrogens with zero attached hydrogens (tertiary/aromatic N) is 2. The third-order valence-corrected chi connectivity index (χ3v) is 4.77. The van der Waals surface area contributed by atoms with Crippen LogP contribution in [0.25, 0.3) is 10.9 Å². The Morgan fingerprint density at radius 2 is 1.89 bits per heavy atom. The molecular formula is C20H17Cl2N3O3. The number of amides is 1. The molecule has 28 heavy (non-hydrogen) atoms. The lowest BCUT2D eigenvalue weighted by Crippen LogP contribution is -2.43. The van der Waals surface area contributed by atoms with Crippen molar-refractivity contribution >= 4 is 45.8 Å². The van der Waals surface area contributed by atoms with Gasteiger partial charge in [0.1, 0.15) is 6.54 Å². The van der Waals surface area contributed by atoms with Crippen LogP contribution in [-0.4, -0.2) is 27.3 Å². The Labute approximate surface area is 171 Å². The summed E-state index contributed by atoms with van der Waals surface area (Å²) >= 11 is 12.0. The van der Waals surface area contributed by atoms with Crippen molar-refractivity contribution in [3.05, 3.63) is 74.8 Å². The van der Waals surface area contributed by atoms with Gasteiger partial charge >= 0.3 is 0 Å². The van der Waals surface area contributed by atoms with E-state index >= 15 is 0 Å². The van der Waals surface area contributed by atoms with Gasteiger partial charge in [0.05, 0.1) is 28.3 Å². The largest absolute Gasteiger partial charge is 0.344 e. The third-order valence-electron chi connectivity index (χ3n) is 4.27. The summed E-state index contributed by atoms with van der Waals surface area (Å²) in [5, 5.41) is 3.47. The number of benzene rings is 2. The van der Waals surface area contributed by atoms with Crippen LogP contribution in [0.2, 0.25) is 10.0 Å². The lowest BCUT2D eigenvalue weighted by atomic mass is 10.0. The van der Waals surface area contributed by atoms with Gasteiger partial charge < -0.3 is 5.32 Å². The number of hydrogen-bond donors (Lipinski definition) is 1. The Bertz CT molecular complexity index is 1100. The van der Waals surface area contributed by atoms with E-state index in [4.69, 9.17) is 23.2 Å². The van der Waals surface area contributed by atoms with Crippen LogP contribution in [0.15, 0.2) is 53.6 Å². The van der Waals surface area contributed by atoms with E-state index in [0.29, 0.717) is 17.0 Å². The zero-order valence-corrected chi connectivity index (χ0v) is 16.5. The zero-order valence-electron chi connectivity index (χ0n) is 15.0. The highest BCUT2D eigenvalue weighted by Gasteiger charge is 2.18. The van der Waals surface area contributed by atoms with Crippen molar-refractivity contribution < 1.29 is 9.59 Å². The normalized spacial score (nSPS) is 12.0. The average Bonchev–Trinajstić information content (AvgIpc) is 2.64. The maximum Gasteiger partial charge on any atom is 0.261 e. The molecule has 8 heteroatoms. The van der Waals surface area contributed by atoms with Crippen LogP contribution >= 0.6 is 23.2 Å². The summed E-state index contributed by atoms with van der Waals surface area (Å²) in [6.45, 7) is 1.14. The Hall–Kier alpha value is -2.70. The molecular weight excluding hydrogens is 401 g/mol. The SMILES string of the molecule is CC(=O)C(Cc1ccccc1)NC(=O)Cn1cnc2c(Cl)cc(Cl)cc2c1=O. The van der Waals surface area contributed by atoms with Gasteiger partial charge in [0.15, 0.2) is 5.78 Å². The van der Waals surface area contributed by atoms with Gasteiger partial charge in [-0.3, -0.25) is 19.0 Å². The van der Waals surface area contributed by atoms with Crippen LogP contribution in [0, 0.1) is 0 Å². The molecule has 0 aliphatic carbocycles. The van der Waals surface area contributed by atoms with Crippen molar-refractivity contribution in [2.45, 2.75) is 25.9 Å². The molecule has 1 aromatic heterocycles. The van der Waals surface area contributed by atoms with Gasteiger partial charge in [-0.25, -0.2) is 4.98 Å². The Kier molecular flexibility index (Phi) is 6.11. The quantitative estimate of drug-likeness (QED) is 0.668. The van der Waals surface area contributed by atoms with Crippen molar-refractivity contribution in [3.8, 4) is 0 Å². The molecule has 1 unspecified atom stereocenters. The van der Waals surface area contributed by atoms with E-state index in [9.17, 15) is 14.4 Å². The summed E-state index contributed by atoms with van der Waals surface area (Å²) < 4.78 is 1.16. The molecule has 2 aromatic carbocycles. The van der Waals surface area contributed by atoms with E-state index in [-0.39, 0.29) is 22.7 Å². The molecule has 1 heterocycles. The van der Waals surface area contributed by atoms with Gasteiger partial charge in [0, 0.05) is 5.02 Å². The van der Waals surface area contributed by atoms with E-state index in [1.54, 1.807) is 0 Å². The minimum absolute atomic E-state index is 0.167. The topological polar surface area (TPSA) is 81.1 Å². The third kappa shape index (κ3) is 4.58. The number of carbonyl (C=O) groups is 2. The molecule has 0 saturated heterocycles. The minimum atomic E-state index is -0.678. The number of nitrogens with one attached hydrogen (secondary N) is 1. The summed E-state index contributed by atoms with van der Waals surface area (Å²) in [5.41, 5.74) is 0.808. The maximum atomic E-state index is 12.6. The Morgan fingerprint density at radius 3 is 2.57 bits per heavy atom.